The van der Waals surface area contributed by atoms with Gasteiger partial charge in [-0.3, -0.25) is 0 Å². The van der Waals surface area contributed by atoms with Gasteiger partial charge >= 0.3 is 0 Å². The van der Waals surface area contributed by atoms with Gasteiger partial charge in [-0.15, -0.1) is 0 Å². The number of nitrogens with zero attached hydrogens (tertiary/aromatic N) is 1. The first-order valence-corrected chi connectivity index (χ1v) is 6.07. The van der Waals surface area contributed by atoms with Crippen LogP contribution in [-0.4, -0.2) is 40.2 Å². The zero-order valence-corrected chi connectivity index (χ0v) is 10.6. The SMILES string of the molecule is OC(COc1ccc(F)cc1)CN1C=CC(O)(F)C=C1. The Morgan fingerprint density at radius 1 is 1.20 bits per heavy atom. The average Bonchev–Trinajstić information content (AvgIpc) is 2.41. The number of ether oxygens (including phenoxy) is 1. The monoisotopic (exact) mass is 283 g/mol. The lowest BCUT2D eigenvalue weighted by atomic mass is 10.2. The molecule has 0 fully saturated rings. The maximum atomic E-state index is 13.0. The van der Waals surface area contributed by atoms with Gasteiger partial charge in [0, 0.05) is 12.4 Å². The molecule has 6 heteroatoms. The van der Waals surface area contributed by atoms with Gasteiger partial charge in [-0.05, 0) is 36.4 Å². The van der Waals surface area contributed by atoms with Crippen LogP contribution in [0, 0.1) is 5.82 Å². The van der Waals surface area contributed by atoms with Gasteiger partial charge < -0.3 is 19.8 Å². The minimum Gasteiger partial charge on any atom is -0.491 e. The van der Waals surface area contributed by atoms with E-state index in [1.165, 1.54) is 41.6 Å². The Hall–Kier alpha value is -1.92. The molecule has 20 heavy (non-hydrogen) atoms. The van der Waals surface area contributed by atoms with E-state index in [-0.39, 0.29) is 19.0 Å². The van der Waals surface area contributed by atoms with Gasteiger partial charge in [0.25, 0.3) is 0 Å². The molecule has 0 aromatic heterocycles. The van der Waals surface area contributed by atoms with Crippen LogP contribution in [-0.2, 0) is 0 Å². The first-order valence-electron chi connectivity index (χ1n) is 6.07. The molecule has 1 aromatic carbocycles. The zero-order chi connectivity index (χ0) is 14.6. The number of alkyl halides is 1. The standard InChI is InChI=1S/C14H15F2NO3/c15-11-1-3-13(4-2-11)20-10-12(18)9-17-7-5-14(16,19)6-8-17/h1-8,12,18-19H,9-10H2. The van der Waals surface area contributed by atoms with Crippen LogP contribution in [0.5, 0.6) is 5.75 Å². The first kappa shape index (κ1) is 14.5. The van der Waals surface area contributed by atoms with Crippen LogP contribution in [0.25, 0.3) is 0 Å². The molecule has 0 saturated heterocycles. The van der Waals surface area contributed by atoms with Crippen molar-refractivity contribution in [3.63, 3.8) is 0 Å². The molecule has 0 aliphatic carbocycles. The van der Waals surface area contributed by atoms with E-state index in [9.17, 15) is 13.9 Å². The predicted molar refractivity (Wildman–Crippen MR) is 68.9 cm³/mol. The molecule has 1 aliphatic rings. The molecule has 4 nitrogen and oxygen atoms in total. The molecule has 2 rings (SSSR count). The number of aliphatic hydroxyl groups excluding tert-OH is 1. The Bertz CT molecular complexity index is 484. The van der Waals surface area contributed by atoms with Crippen LogP contribution in [0.15, 0.2) is 48.8 Å². The molecule has 0 spiro atoms. The third-order valence-electron chi connectivity index (χ3n) is 2.68. The third kappa shape index (κ3) is 4.32. The van der Waals surface area contributed by atoms with Crippen molar-refractivity contribution in [2.24, 2.45) is 0 Å². The summed E-state index contributed by atoms with van der Waals surface area (Å²) < 4.78 is 31.0. The summed E-state index contributed by atoms with van der Waals surface area (Å²) in [7, 11) is 0. The minimum atomic E-state index is -2.44. The number of halogens is 2. The van der Waals surface area contributed by atoms with E-state index in [2.05, 4.69) is 0 Å². The molecule has 0 saturated carbocycles. The summed E-state index contributed by atoms with van der Waals surface area (Å²) in [6.45, 7) is 0.202. The lowest BCUT2D eigenvalue weighted by Crippen LogP contribution is -2.32. The number of β-amino-alcohol motifs (C(OH)–C–C–N with tert-alkyl or cyclic N) is 1. The molecule has 1 aromatic rings. The van der Waals surface area contributed by atoms with Crippen molar-refractivity contribution >= 4 is 0 Å². The van der Waals surface area contributed by atoms with Crippen LogP contribution in [0.4, 0.5) is 8.78 Å². The highest BCUT2D eigenvalue weighted by molar-refractivity contribution is 5.22. The fourth-order valence-electron chi connectivity index (χ4n) is 1.65. The highest BCUT2D eigenvalue weighted by atomic mass is 19.2. The summed E-state index contributed by atoms with van der Waals surface area (Å²) in [5.74, 6) is -2.35. The van der Waals surface area contributed by atoms with E-state index in [1.54, 1.807) is 0 Å². The lowest BCUT2D eigenvalue weighted by molar-refractivity contribution is 0.000964. The maximum absolute atomic E-state index is 13.0. The Morgan fingerprint density at radius 2 is 1.80 bits per heavy atom. The number of rotatable bonds is 5. The summed E-state index contributed by atoms with van der Waals surface area (Å²) in [5.41, 5.74) is 0. The van der Waals surface area contributed by atoms with Crippen LogP contribution in [0.2, 0.25) is 0 Å². The predicted octanol–water partition coefficient (Wildman–Crippen LogP) is 1.57. The van der Waals surface area contributed by atoms with E-state index >= 15 is 0 Å². The third-order valence-corrected chi connectivity index (χ3v) is 2.68. The van der Waals surface area contributed by atoms with Crippen molar-refractivity contribution in [3.8, 4) is 5.75 Å². The maximum Gasteiger partial charge on any atom is 0.248 e. The van der Waals surface area contributed by atoms with Crippen LogP contribution in [0.1, 0.15) is 0 Å². The first-order chi connectivity index (χ1) is 9.44. The van der Waals surface area contributed by atoms with Crippen molar-refractivity contribution in [2.75, 3.05) is 13.2 Å². The largest absolute Gasteiger partial charge is 0.491 e. The molecular formula is C14H15F2NO3. The fraction of sp³-hybridized carbons (Fsp3) is 0.286. The van der Waals surface area contributed by atoms with Gasteiger partial charge in [0.2, 0.25) is 5.85 Å². The highest BCUT2D eigenvalue weighted by Gasteiger charge is 2.22. The number of benzene rings is 1. The van der Waals surface area contributed by atoms with Gasteiger partial charge in [-0.2, -0.15) is 0 Å². The highest BCUT2D eigenvalue weighted by Crippen LogP contribution is 2.17. The molecule has 2 N–H and O–H groups in total. The smallest absolute Gasteiger partial charge is 0.248 e. The normalized spacial score (nSPS) is 18.1. The number of hydrogen-bond acceptors (Lipinski definition) is 4. The van der Waals surface area contributed by atoms with Crippen molar-refractivity contribution < 1.29 is 23.7 Å². The summed E-state index contributed by atoms with van der Waals surface area (Å²) in [6.07, 6.45) is 3.80. The molecule has 0 radical (unpaired) electrons. The second-order valence-electron chi connectivity index (χ2n) is 4.47. The van der Waals surface area contributed by atoms with Crippen molar-refractivity contribution in [1.82, 2.24) is 4.90 Å². The molecule has 1 atom stereocenters. The van der Waals surface area contributed by atoms with E-state index in [0.29, 0.717) is 5.75 Å². The summed E-state index contributed by atoms with van der Waals surface area (Å²) >= 11 is 0. The molecule has 0 bridgehead atoms. The van der Waals surface area contributed by atoms with Crippen molar-refractivity contribution in [3.05, 3.63) is 54.6 Å². The van der Waals surface area contributed by atoms with Crippen LogP contribution >= 0.6 is 0 Å². The second-order valence-corrected chi connectivity index (χ2v) is 4.47. The Kier molecular flexibility index (Phi) is 4.36. The van der Waals surface area contributed by atoms with Gasteiger partial charge in [0.05, 0.1) is 6.54 Å². The van der Waals surface area contributed by atoms with E-state index in [4.69, 9.17) is 9.84 Å². The summed E-state index contributed by atoms with van der Waals surface area (Å²) in [6, 6.07) is 5.46. The second kappa shape index (κ2) is 6.02. The molecule has 1 heterocycles. The summed E-state index contributed by atoms with van der Waals surface area (Å²) in [4.78, 5) is 1.52. The molecule has 1 aliphatic heterocycles. The lowest BCUT2D eigenvalue weighted by Gasteiger charge is -2.24. The van der Waals surface area contributed by atoms with Crippen LogP contribution < -0.4 is 4.74 Å². The van der Waals surface area contributed by atoms with Gasteiger partial charge in [-0.1, -0.05) is 0 Å². The van der Waals surface area contributed by atoms with Crippen molar-refractivity contribution in [1.29, 1.82) is 0 Å². The van der Waals surface area contributed by atoms with Crippen LogP contribution in [0.3, 0.4) is 0 Å². The Labute approximate surface area is 115 Å². The average molecular weight is 283 g/mol. The van der Waals surface area contributed by atoms with E-state index < -0.39 is 12.0 Å². The molecule has 0 amide bonds. The Morgan fingerprint density at radius 3 is 2.40 bits per heavy atom. The Balaban J connectivity index is 1.77. The summed E-state index contributed by atoms with van der Waals surface area (Å²) in [5, 5.41) is 18.8. The van der Waals surface area contributed by atoms with Gasteiger partial charge in [0.15, 0.2) is 0 Å². The number of aliphatic hydroxyl groups is 2. The van der Waals surface area contributed by atoms with E-state index in [0.717, 1.165) is 12.2 Å². The quantitative estimate of drug-likeness (QED) is 0.861. The number of hydrogen-bond donors (Lipinski definition) is 2. The molecule has 108 valence electrons. The minimum absolute atomic E-state index is 0.0176. The molecular weight excluding hydrogens is 268 g/mol. The topological polar surface area (TPSA) is 52.9 Å². The van der Waals surface area contributed by atoms with Crippen molar-refractivity contribution in [2.45, 2.75) is 12.0 Å². The van der Waals surface area contributed by atoms with E-state index in [1.807, 2.05) is 0 Å². The zero-order valence-electron chi connectivity index (χ0n) is 10.6. The van der Waals surface area contributed by atoms with Gasteiger partial charge in [0.1, 0.15) is 24.3 Å². The molecule has 1 unspecified atom stereocenters. The fourth-order valence-corrected chi connectivity index (χ4v) is 1.65. The van der Waals surface area contributed by atoms with Gasteiger partial charge in [-0.25, -0.2) is 8.78 Å².